The zero-order valence-electron chi connectivity index (χ0n) is 77.8. The fourth-order valence-corrected chi connectivity index (χ4v) is 19.4. The predicted molar refractivity (Wildman–Crippen MR) is 476 cm³/mol. The summed E-state index contributed by atoms with van der Waals surface area (Å²) in [5.74, 6) is 0.941. The highest BCUT2D eigenvalue weighted by molar-refractivity contribution is 8.00. The van der Waals surface area contributed by atoms with Gasteiger partial charge >= 0.3 is 15.6 Å². The van der Waals surface area contributed by atoms with Gasteiger partial charge in [0.15, 0.2) is 0 Å². The van der Waals surface area contributed by atoms with Crippen molar-refractivity contribution in [3.63, 3.8) is 0 Å². The first-order chi connectivity index (χ1) is 57.8. The number of phosphoric ester groups is 2. The summed E-state index contributed by atoms with van der Waals surface area (Å²) in [6, 6.07) is 6.22. The Labute approximate surface area is 739 Å². The van der Waals surface area contributed by atoms with Crippen molar-refractivity contribution >= 4 is 80.3 Å². The first-order valence-electron chi connectivity index (χ1n) is 45.6. The highest BCUT2D eigenvalue weighted by atomic mass is 32.2. The molecular weight excluding hydrogens is 1640 g/mol. The van der Waals surface area contributed by atoms with Crippen LogP contribution in [-0.2, 0) is 95.7 Å². The molecule has 5 aliphatic heterocycles. The van der Waals surface area contributed by atoms with Crippen LogP contribution in [0.3, 0.4) is 0 Å². The number of phenols is 1. The molecule has 0 radical (unpaired) electrons. The van der Waals surface area contributed by atoms with Crippen molar-refractivity contribution in [3.05, 3.63) is 29.8 Å². The molecule has 31 nitrogen and oxygen atoms in total. The number of ether oxygens (including phenoxy) is 4. The fourth-order valence-electron chi connectivity index (χ4n) is 16.0. The number of thioether (sulfide) groups is 1. The number of hydrogen-bond acceptors (Lipinski definition) is 24. The lowest BCUT2D eigenvalue weighted by Crippen LogP contribution is -2.40. The van der Waals surface area contributed by atoms with Crippen LogP contribution in [0.2, 0.25) is 0 Å². The van der Waals surface area contributed by atoms with Crippen LogP contribution in [0.4, 0.5) is 0 Å². The quantitative estimate of drug-likeness (QED) is 0.0181. The summed E-state index contributed by atoms with van der Waals surface area (Å²) >= 11 is 1.61. The molecule has 1 aliphatic carbocycles. The summed E-state index contributed by atoms with van der Waals surface area (Å²) in [7, 11) is -8.98. The molecule has 7 N–H and O–H groups in total. The number of nitrogens with zero attached hydrogens (tertiary/aromatic N) is 5. The van der Waals surface area contributed by atoms with E-state index in [9.17, 15) is 67.2 Å². The molecule has 12 atom stereocenters. The molecule has 34 heteroatoms. The van der Waals surface area contributed by atoms with Gasteiger partial charge in [0, 0.05) is 133 Å². The maximum absolute atomic E-state index is 13.2. The van der Waals surface area contributed by atoms with E-state index in [1.807, 2.05) is 111 Å². The Morgan fingerprint density at radius 3 is 1.36 bits per heavy atom. The number of aromatic hydroxyl groups is 1. The van der Waals surface area contributed by atoms with Gasteiger partial charge < -0.3 is 74.7 Å². The standard InChI is InChI=1S/C30H56N3O9P.C30H44N2O5S.C29H57N4O8P/c1-20(2)28(34)10-9-11-29(35)32-16-26(41-23(7)8)14-25(32)19-40-43(37,38)42-27-15-24(18-39-22(5)6)33(17-27)30(36)12-13-31-21(3)4;1-19(2)13-14-38-27-17-28(35)32(30(27)37)18-22-5-9-23(10-6-22)26(34)16-24(29(36)31-20(3)4)15-21-7-11-25(33)12-8-21;1-20(2)30-12-9-10-28(34)32-16-26(40-23(7)8)14-25(32)19-39-42(36,37)41-27-15-24(18-38-22(5)6)33(17-27)29(35)11-13-31-21(3)4/h20-27,31H,9-19H2,1-8H3,(H,37,38);7-8,11-12,19-20,22-24,27,33H,5-6,9-10,13-18H2,1-4H3,(H,31,36);20-27,30-31H,9-19H2,1-8H3,(H,36,37)/t24-,25-,26+,27?;;24-,25-,26+,27+/m0.0/s1. The van der Waals surface area contributed by atoms with E-state index in [1.165, 1.54) is 4.90 Å². The van der Waals surface area contributed by atoms with Crippen LogP contribution in [0.25, 0.3) is 0 Å². The van der Waals surface area contributed by atoms with Gasteiger partial charge in [0.1, 0.15) is 17.3 Å². The second kappa shape index (κ2) is 54.6. The number of phosphoric acid groups is 2. The van der Waals surface area contributed by atoms with Crippen LogP contribution in [-0.4, -0.2) is 279 Å². The van der Waals surface area contributed by atoms with E-state index in [0.29, 0.717) is 135 Å². The van der Waals surface area contributed by atoms with Gasteiger partial charge in [0.25, 0.3) is 0 Å². The monoisotopic (exact) mass is 1800 g/mol. The largest absolute Gasteiger partial charge is 0.508 e. The Kier molecular flexibility index (Phi) is 48.2. The molecule has 7 amide bonds. The maximum atomic E-state index is 13.2. The van der Waals surface area contributed by atoms with Crippen LogP contribution in [0.15, 0.2) is 24.3 Å². The summed E-state index contributed by atoms with van der Waals surface area (Å²) in [6.45, 7) is 43.1. The zero-order valence-corrected chi connectivity index (χ0v) is 80.4. The zero-order chi connectivity index (χ0) is 91.6. The fraction of sp³-hybridized carbons (Fsp3) is 0.831. The number of imide groups is 1. The highest BCUT2D eigenvalue weighted by Gasteiger charge is 2.46. The Balaban J connectivity index is 0.000000328. The molecule has 5 saturated heterocycles. The summed E-state index contributed by atoms with van der Waals surface area (Å²) in [5, 5.41) is 22.1. The van der Waals surface area contributed by atoms with Gasteiger partial charge in [-0.05, 0) is 188 Å². The maximum Gasteiger partial charge on any atom is 0.472 e. The number of benzene rings is 1. The van der Waals surface area contributed by atoms with Crippen LogP contribution >= 0.6 is 27.4 Å². The molecule has 1 aromatic rings. The minimum Gasteiger partial charge on any atom is -0.508 e. The Bertz CT molecular complexity index is 3500. The first kappa shape index (κ1) is 109. The number of Topliss-reactive ketones (excluding diaryl/α,β-unsaturated/α-hetero) is 2. The topological polar surface area (TPSA) is 387 Å². The third kappa shape index (κ3) is 41.2. The second-order valence-electron chi connectivity index (χ2n) is 37.2. The second-order valence-corrected chi connectivity index (χ2v) is 41.3. The molecule has 6 aliphatic rings. The van der Waals surface area contributed by atoms with Gasteiger partial charge in [-0.2, -0.15) is 0 Å². The Morgan fingerprint density at radius 1 is 0.512 bits per heavy atom. The SMILES string of the molecule is CC(C)CCSC1CC(=O)N(CC2CCC(C(=O)CC(Cc3ccc(O)cc3)C(=O)NC(C)C)CC2)C1=O.CC(C)NCCC(=O)N1CC(OP(=O)(O)OC[C@@H]2C[C@@H](OC(C)C)CN2C(=O)CCCC(=O)C(C)C)C[C@H]1COC(C)C.CC(C)NCCCC(=O)N1C[C@H](OC(C)C)C[C@H]1COP(=O)(O)O[C@@H]1C[C@@H](COC(C)C)N(C(=O)CCNC(C)C)C1. The number of carbonyl (C=O) groups is 9. The summed E-state index contributed by atoms with van der Waals surface area (Å²) in [4.78, 5) is 145. The number of likely N-dealkylation sites (tertiary alicyclic amines) is 5. The molecule has 123 heavy (non-hydrogen) atoms. The summed E-state index contributed by atoms with van der Waals surface area (Å²) in [5.41, 5.74) is 0.906. The highest BCUT2D eigenvalue weighted by Crippen LogP contribution is 2.49. The molecule has 0 spiro atoms. The predicted octanol–water partition coefficient (Wildman–Crippen LogP) is 11.5. The minimum absolute atomic E-state index is 0.00376. The molecule has 1 aromatic carbocycles. The third-order valence-corrected chi connectivity index (χ3v) is 25.7. The number of ketones is 2. The molecule has 706 valence electrons. The van der Waals surface area contributed by atoms with Gasteiger partial charge in [-0.25, -0.2) is 9.13 Å². The van der Waals surface area contributed by atoms with Crippen LogP contribution < -0.4 is 21.3 Å². The molecule has 7 rings (SSSR count). The van der Waals surface area contributed by atoms with Crippen molar-refractivity contribution in [2.75, 3.05) is 84.5 Å². The van der Waals surface area contributed by atoms with Gasteiger partial charge in [-0.1, -0.05) is 81.4 Å². The van der Waals surface area contributed by atoms with Crippen molar-refractivity contribution < 1.29 is 104 Å². The van der Waals surface area contributed by atoms with E-state index in [-0.39, 0.29) is 188 Å². The number of phenolic OH excluding ortho intramolecular Hbond substituents is 1. The van der Waals surface area contributed by atoms with Crippen molar-refractivity contribution in [2.45, 2.75) is 363 Å². The average Bonchev–Trinajstić information content (AvgIpc) is 1.70. The first-order valence-corrected chi connectivity index (χ1v) is 49.6. The average molecular weight is 1800 g/mol. The Hall–Kier alpha value is -4.86. The summed E-state index contributed by atoms with van der Waals surface area (Å²) < 4.78 is 71.7. The molecule has 1 saturated carbocycles. The normalized spacial score (nSPS) is 23.8. The number of nitrogens with one attached hydrogen (secondary N) is 4. The molecule has 6 fully saturated rings. The summed E-state index contributed by atoms with van der Waals surface area (Å²) in [6.07, 6.45) is 7.54. The lowest BCUT2D eigenvalue weighted by Gasteiger charge is -2.30. The number of rotatable bonds is 51. The number of carbonyl (C=O) groups excluding carboxylic acids is 9. The van der Waals surface area contributed by atoms with Gasteiger partial charge in [0.2, 0.25) is 41.4 Å². The third-order valence-electron chi connectivity index (χ3n) is 22.4. The van der Waals surface area contributed by atoms with Crippen molar-refractivity contribution in [1.82, 2.24) is 45.8 Å². The van der Waals surface area contributed by atoms with Crippen LogP contribution in [0.5, 0.6) is 5.75 Å². The van der Waals surface area contributed by atoms with Gasteiger partial charge in [-0.15, -0.1) is 11.8 Å². The lowest BCUT2D eigenvalue weighted by molar-refractivity contribution is -0.140. The van der Waals surface area contributed by atoms with Crippen molar-refractivity contribution in [2.24, 2.45) is 29.6 Å². The van der Waals surface area contributed by atoms with Crippen molar-refractivity contribution in [1.29, 1.82) is 0 Å². The number of amides is 7. The van der Waals surface area contributed by atoms with Crippen LogP contribution in [0.1, 0.15) is 260 Å². The molecule has 0 aromatic heterocycles. The molecule has 0 bridgehead atoms. The van der Waals surface area contributed by atoms with E-state index in [1.54, 1.807) is 55.6 Å². The van der Waals surface area contributed by atoms with E-state index in [4.69, 9.17) is 37.0 Å². The van der Waals surface area contributed by atoms with Gasteiger partial charge in [-0.3, -0.25) is 66.1 Å². The molecule has 5 heterocycles. The minimum atomic E-state index is -4.51. The van der Waals surface area contributed by atoms with E-state index >= 15 is 0 Å². The lowest BCUT2D eigenvalue weighted by atomic mass is 9.77. The molecule has 5 unspecified atom stereocenters. The van der Waals surface area contributed by atoms with E-state index in [0.717, 1.165) is 50.0 Å². The Morgan fingerprint density at radius 2 is 0.935 bits per heavy atom. The van der Waals surface area contributed by atoms with Crippen LogP contribution in [0, 0.1) is 29.6 Å². The smallest absolute Gasteiger partial charge is 0.472 e. The van der Waals surface area contributed by atoms with E-state index < -0.39 is 45.9 Å². The van der Waals surface area contributed by atoms with E-state index in [2.05, 4.69) is 49.0 Å². The van der Waals surface area contributed by atoms with Gasteiger partial charge in [0.05, 0.1) is 105 Å². The molecular formula is C89H157N9O22P2S. The number of hydrogen-bond donors (Lipinski definition) is 7. The van der Waals surface area contributed by atoms with Crippen molar-refractivity contribution in [3.8, 4) is 5.75 Å².